The van der Waals surface area contributed by atoms with Crippen molar-refractivity contribution in [1.29, 1.82) is 0 Å². The standard InChI is InChI=1S/C14H12N2O4/c17-13-5-6-16(12-4-2-1-3-10(12)13)8-9-7-11(14(18)19)15-20-9/h1-4,7H,5-6,8H2,(H,18,19). The zero-order chi connectivity index (χ0) is 14.1. The van der Waals surface area contributed by atoms with E-state index in [2.05, 4.69) is 5.16 Å². The second-order valence-corrected chi connectivity index (χ2v) is 4.60. The minimum atomic E-state index is -1.12. The summed E-state index contributed by atoms with van der Waals surface area (Å²) in [5.74, 6) is -0.526. The Morgan fingerprint density at radius 1 is 1.40 bits per heavy atom. The van der Waals surface area contributed by atoms with E-state index < -0.39 is 5.97 Å². The molecule has 2 heterocycles. The molecule has 0 aliphatic carbocycles. The lowest BCUT2D eigenvalue weighted by Gasteiger charge is -2.29. The van der Waals surface area contributed by atoms with Crippen LogP contribution in [-0.2, 0) is 6.54 Å². The number of carboxylic acids is 1. The van der Waals surface area contributed by atoms with Crippen molar-refractivity contribution >= 4 is 17.4 Å². The first kappa shape index (κ1) is 12.4. The molecule has 102 valence electrons. The molecule has 0 amide bonds. The molecule has 2 aromatic rings. The third-order valence-corrected chi connectivity index (χ3v) is 3.28. The van der Waals surface area contributed by atoms with Crippen molar-refractivity contribution in [3.63, 3.8) is 0 Å². The molecule has 1 aromatic carbocycles. The van der Waals surface area contributed by atoms with Crippen LogP contribution in [0.5, 0.6) is 0 Å². The Morgan fingerprint density at radius 3 is 2.95 bits per heavy atom. The topological polar surface area (TPSA) is 83.6 Å². The maximum atomic E-state index is 11.8. The first-order valence-corrected chi connectivity index (χ1v) is 6.21. The van der Waals surface area contributed by atoms with Crippen LogP contribution in [0.15, 0.2) is 34.9 Å². The highest BCUT2D eigenvalue weighted by molar-refractivity contribution is 6.03. The number of para-hydroxylation sites is 1. The second-order valence-electron chi connectivity index (χ2n) is 4.60. The van der Waals surface area contributed by atoms with Gasteiger partial charge in [0, 0.05) is 30.3 Å². The number of carbonyl (C=O) groups excluding carboxylic acids is 1. The molecular weight excluding hydrogens is 260 g/mol. The summed E-state index contributed by atoms with van der Waals surface area (Å²) in [6.07, 6.45) is 0.441. The van der Waals surface area contributed by atoms with Crippen LogP contribution >= 0.6 is 0 Å². The van der Waals surface area contributed by atoms with E-state index >= 15 is 0 Å². The molecule has 3 rings (SSSR count). The number of aromatic carboxylic acids is 1. The van der Waals surface area contributed by atoms with Gasteiger partial charge in [-0.25, -0.2) is 4.79 Å². The Bertz CT molecular complexity index is 677. The number of fused-ring (bicyclic) bond motifs is 1. The van der Waals surface area contributed by atoms with E-state index in [-0.39, 0.29) is 11.5 Å². The largest absolute Gasteiger partial charge is 0.476 e. The fourth-order valence-electron chi connectivity index (χ4n) is 2.32. The number of Topliss-reactive ketones (excluding diaryl/α,β-unsaturated/α-hetero) is 1. The molecule has 0 fully saturated rings. The van der Waals surface area contributed by atoms with Gasteiger partial charge in [-0.3, -0.25) is 4.79 Å². The highest BCUT2D eigenvalue weighted by Crippen LogP contribution is 2.28. The van der Waals surface area contributed by atoms with E-state index in [9.17, 15) is 9.59 Å². The molecule has 0 saturated heterocycles. The number of rotatable bonds is 3. The van der Waals surface area contributed by atoms with Gasteiger partial charge in [-0.2, -0.15) is 0 Å². The van der Waals surface area contributed by atoms with Crippen LogP contribution in [0.4, 0.5) is 5.69 Å². The first-order chi connectivity index (χ1) is 9.65. The van der Waals surface area contributed by atoms with Gasteiger partial charge in [-0.05, 0) is 12.1 Å². The average molecular weight is 272 g/mol. The van der Waals surface area contributed by atoms with Crippen LogP contribution in [0.1, 0.15) is 33.0 Å². The Hall–Kier alpha value is -2.63. The van der Waals surface area contributed by atoms with Crippen LogP contribution in [-0.4, -0.2) is 28.6 Å². The third kappa shape index (κ3) is 2.16. The van der Waals surface area contributed by atoms with E-state index in [0.717, 1.165) is 5.69 Å². The van der Waals surface area contributed by atoms with Crippen molar-refractivity contribution in [2.75, 3.05) is 11.4 Å². The van der Waals surface area contributed by atoms with E-state index in [1.807, 2.05) is 23.1 Å². The minimum absolute atomic E-state index is 0.110. The molecule has 1 aliphatic heterocycles. The van der Waals surface area contributed by atoms with Crippen LogP contribution in [0.2, 0.25) is 0 Å². The maximum absolute atomic E-state index is 11.8. The fraction of sp³-hybridized carbons (Fsp3) is 0.214. The zero-order valence-electron chi connectivity index (χ0n) is 10.6. The number of carbonyl (C=O) groups is 2. The van der Waals surface area contributed by atoms with Crippen LogP contribution in [0, 0.1) is 0 Å². The van der Waals surface area contributed by atoms with Crippen molar-refractivity contribution in [3.05, 3.63) is 47.3 Å². The minimum Gasteiger partial charge on any atom is -0.476 e. The van der Waals surface area contributed by atoms with Crippen LogP contribution < -0.4 is 4.90 Å². The monoisotopic (exact) mass is 272 g/mol. The molecule has 1 N–H and O–H groups in total. The Morgan fingerprint density at radius 2 is 2.20 bits per heavy atom. The van der Waals surface area contributed by atoms with Gasteiger partial charge in [0.25, 0.3) is 0 Å². The van der Waals surface area contributed by atoms with Crippen molar-refractivity contribution in [2.45, 2.75) is 13.0 Å². The summed E-state index contributed by atoms with van der Waals surface area (Å²) in [6, 6.07) is 8.78. The molecule has 0 atom stereocenters. The quantitative estimate of drug-likeness (QED) is 0.919. The number of aromatic nitrogens is 1. The molecule has 1 aliphatic rings. The summed E-state index contributed by atoms with van der Waals surface area (Å²) in [5.41, 5.74) is 1.43. The Kier molecular flexibility index (Phi) is 2.98. The summed E-state index contributed by atoms with van der Waals surface area (Å²) in [7, 11) is 0. The molecule has 0 saturated carbocycles. The van der Waals surface area contributed by atoms with Crippen molar-refractivity contribution in [1.82, 2.24) is 5.16 Å². The van der Waals surface area contributed by atoms with Gasteiger partial charge < -0.3 is 14.5 Å². The molecule has 0 radical (unpaired) electrons. The predicted octanol–water partition coefficient (Wildman–Crippen LogP) is 1.97. The lowest BCUT2D eigenvalue weighted by Crippen LogP contribution is -2.31. The zero-order valence-corrected chi connectivity index (χ0v) is 10.6. The Balaban J connectivity index is 1.86. The van der Waals surface area contributed by atoms with Gasteiger partial charge in [0.2, 0.25) is 0 Å². The lowest BCUT2D eigenvalue weighted by molar-refractivity contribution is 0.0685. The summed E-state index contributed by atoms with van der Waals surface area (Å²) >= 11 is 0. The highest BCUT2D eigenvalue weighted by atomic mass is 16.5. The Labute approximate surface area is 114 Å². The van der Waals surface area contributed by atoms with Crippen molar-refractivity contribution in [3.8, 4) is 0 Å². The van der Waals surface area contributed by atoms with Crippen molar-refractivity contribution < 1.29 is 19.2 Å². The van der Waals surface area contributed by atoms with Gasteiger partial charge in [-0.15, -0.1) is 0 Å². The van der Waals surface area contributed by atoms with Gasteiger partial charge in [0.15, 0.2) is 17.2 Å². The van der Waals surface area contributed by atoms with Crippen LogP contribution in [0.25, 0.3) is 0 Å². The average Bonchev–Trinajstić information content (AvgIpc) is 2.91. The molecule has 6 nitrogen and oxygen atoms in total. The summed E-state index contributed by atoms with van der Waals surface area (Å²) in [6.45, 7) is 0.976. The molecule has 20 heavy (non-hydrogen) atoms. The van der Waals surface area contributed by atoms with Gasteiger partial charge in [-0.1, -0.05) is 17.3 Å². The van der Waals surface area contributed by atoms with Crippen molar-refractivity contribution in [2.24, 2.45) is 0 Å². The smallest absolute Gasteiger partial charge is 0.358 e. The fourth-order valence-corrected chi connectivity index (χ4v) is 2.32. The van der Waals surface area contributed by atoms with E-state index in [1.54, 1.807) is 6.07 Å². The van der Waals surface area contributed by atoms with Gasteiger partial charge in [0.1, 0.15) is 0 Å². The summed E-state index contributed by atoms with van der Waals surface area (Å²) in [4.78, 5) is 24.6. The second kappa shape index (κ2) is 4.80. The third-order valence-electron chi connectivity index (χ3n) is 3.28. The van der Waals surface area contributed by atoms with E-state index in [1.165, 1.54) is 6.07 Å². The molecule has 0 bridgehead atoms. The number of hydrogen-bond acceptors (Lipinski definition) is 5. The number of hydrogen-bond donors (Lipinski definition) is 1. The SMILES string of the molecule is O=C(O)c1cc(CN2CCC(=O)c3ccccc32)on1. The molecular formula is C14H12N2O4. The number of benzene rings is 1. The molecule has 0 unspecified atom stereocenters. The predicted molar refractivity (Wildman–Crippen MR) is 69.9 cm³/mol. The molecule has 0 spiro atoms. The van der Waals surface area contributed by atoms with E-state index in [4.69, 9.17) is 9.63 Å². The number of ketones is 1. The van der Waals surface area contributed by atoms with Gasteiger partial charge >= 0.3 is 5.97 Å². The van der Waals surface area contributed by atoms with Gasteiger partial charge in [0.05, 0.1) is 6.54 Å². The normalized spacial score (nSPS) is 14.2. The molecule has 6 heteroatoms. The lowest BCUT2D eigenvalue weighted by atomic mass is 10.0. The molecule has 1 aromatic heterocycles. The number of carboxylic acid groups (broad SMARTS) is 1. The summed E-state index contributed by atoms with van der Waals surface area (Å²) in [5, 5.41) is 12.3. The van der Waals surface area contributed by atoms with Crippen LogP contribution in [0.3, 0.4) is 0 Å². The number of anilines is 1. The highest BCUT2D eigenvalue weighted by Gasteiger charge is 2.23. The first-order valence-electron chi connectivity index (χ1n) is 6.21. The maximum Gasteiger partial charge on any atom is 0.358 e. The number of nitrogens with zero attached hydrogens (tertiary/aromatic N) is 2. The summed E-state index contributed by atoms with van der Waals surface area (Å²) < 4.78 is 5.01. The van der Waals surface area contributed by atoms with E-state index in [0.29, 0.717) is 30.8 Å².